The molecule has 1 aromatic heterocycles. The Balaban J connectivity index is 1.50. The second kappa shape index (κ2) is 12.7. The minimum absolute atomic E-state index is 0.0837. The molecule has 2 aromatic carbocycles. The first-order chi connectivity index (χ1) is 18.7. The molecule has 3 N–H and O–H groups in total. The number of nitrogens with zero attached hydrogens (tertiary/aromatic N) is 1. The fraction of sp³-hybridized carbons (Fsp3) is 0.357. The maximum absolute atomic E-state index is 13.5. The van der Waals surface area contributed by atoms with Gasteiger partial charge in [0.2, 0.25) is 21.8 Å². The van der Waals surface area contributed by atoms with Crippen LogP contribution in [0.25, 0.3) is 0 Å². The lowest BCUT2D eigenvalue weighted by atomic mass is 9.82. The Morgan fingerprint density at radius 2 is 1.54 bits per heavy atom. The van der Waals surface area contributed by atoms with Crippen LogP contribution in [-0.4, -0.2) is 40.1 Å². The van der Waals surface area contributed by atoms with E-state index in [9.17, 15) is 13.2 Å². The third kappa shape index (κ3) is 7.20. The van der Waals surface area contributed by atoms with Gasteiger partial charge < -0.3 is 19.9 Å². The lowest BCUT2D eigenvalue weighted by molar-refractivity contribution is -0.123. The number of sulfonamides is 1. The monoisotopic (exact) mass is 573 g/mol. The van der Waals surface area contributed by atoms with E-state index < -0.39 is 16.1 Å². The number of carbonyl (C=O) groups excluding carboxylic acids is 1. The highest BCUT2D eigenvalue weighted by Crippen LogP contribution is 2.32. The molecule has 1 saturated carbocycles. The van der Waals surface area contributed by atoms with Gasteiger partial charge in [-0.2, -0.15) is 4.72 Å². The number of methoxy groups -OCH3 is 2. The van der Waals surface area contributed by atoms with E-state index >= 15 is 0 Å². The van der Waals surface area contributed by atoms with Gasteiger partial charge in [0.25, 0.3) is 0 Å². The van der Waals surface area contributed by atoms with Crippen LogP contribution in [0.1, 0.15) is 42.9 Å². The van der Waals surface area contributed by atoms with Gasteiger partial charge in [0.15, 0.2) is 0 Å². The molecule has 0 spiro atoms. The van der Waals surface area contributed by atoms with E-state index in [1.165, 1.54) is 12.3 Å². The van der Waals surface area contributed by atoms with Crippen molar-refractivity contribution in [2.75, 3.05) is 20.8 Å². The highest BCUT2D eigenvalue weighted by Gasteiger charge is 2.27. The van der Waals surface area contributed by atoms with Crippen LogP contribution >= 0.6 is 11.6 Å². The van der Waals surface area contributed by atoms with Crippen molar-refractivity contribution in [2.24, 2.45) is 17.6 Å². The van der Waals surface area contributed by atoms with E-state index in [4.69, 9.17) is 31.5 Å². The number of halogens is 1. The van der Waals surface area contributed by atoms with Crippen molar-refractivity contribution in [3.8, 4) is 17.4 Å². The fourth-order valence-electron chi connectivity index (χ4n) is 4.62. The van der Waals surface area contributed by atoms with Gasteiger partial charge in [-0.15, -0.1) is 0 Å². The summed E-state index contributed by atoms with van der Waals surface area (Å²) in [5, 5.41) is 0.0918. The van der Waals surface area contributed by atoms with E-state index in [1.807, 2.05) is 0 Å². The number of amides is 1. The first-order valence-corrected chi connectivity index (χ1v) is 14.4. The number of aromatic nitrogens is 1. The zero-order valence-electron chi connectivity index (χ0n) is 21.8. The molecule has 0 radical (unpaired) electrons. The van der Waals surface area contributed by atoms with Crippen LogP contribution in [0, 0.1) is 11.8 Å². The Bertz CT molecular complexity index is 1330. The van der Waals surface area contributed by atoms with Gasteiger partial charge in [0.05, 0.1) is 33.1 Å². The van der Waals surface area contributed by atoms with Gasteiger partial charge in [-0.3, -0.25) is 4.79 Å². The second-order valence-electron chi connectivity index (χ2n) is 9.49. The largest absolute Gasteiger partial charge is 0.497 e. The normalized spacial score (nSPS) is 17.5. The van der Waals surface area contributed by atoms with Crippen LogP contribution in [0.3, 0.4) is 0 Å². The van der Waals surface area contributed by atoms with Gasteiger partial charge in [0.1, 0.15) is 21.4 Å². The number of nitrogens with one attached hydrogen (secondary N) is 1. The molecule has 0 saturated heterocycles. The van der Waals surface area contributed by atoms with Crippen LogP contribution in [0.2, 0.25) is 5.02 Å². The highest BCUT2D eigenvalue weighted by molar-refractivity contribution is 7.89. The Kier molecular flexibility index (Phi) is 9.32. The summed E-state index contributed by atoms with van der Waals surface area (Å²) in [6.45, 7) is 0.375. The zero-order valence-corrected chi connectivity index (χ0v) is 23.4. The molecular weight excluding hydrogens is 542 g/mol. The Morgan fingerprint density at radius 3 is 2.00 bits per heavy atom. The maximum atomic E-state index is 13.5. The molecule has 4 rings (SSSR count). The molecule has 0 aliphatic heterocycles. The van der Waals surface area contributed by atoms with Crippen molar-refractivity contribution in [1.29, 1.82) is 0 Å². The number of nitrogens with two attached hydrogens (primary N) is 1. The SMILES string of the molecule is COc1ccc(C(NS(=O)(=O)c2cnc(OCC3CCC(C(N)=O)CC3)c(Cl)c2)c2ccc(OC)cc2)cc1. The second-order valence-corrected chi connectivity index (χ2v) is 11.6. The predicted molar refractivity (Wildman–Crippen MR) is 148 cm³/mol. The quantitative estimate of drug-likeness (QED) is 0.345. The summed E-state index contributed by atoms with van der Waals surface area (Å²) < 4.78 is 46.0. The van der Waals surface area contributed by atoms with Gasteiger partial charge in [-0.05, 0) is 73.1 Å². The molecule has 39 heavy (non-hydrogen) atoms. The molecular formula is C28H32ClN3O6S. The van der Waals surface area contributed by atoms with Gasteiger partial charge in [0, 0.05) is 5.92 Å². The summed E-state index contributed by atoms with van der Waals surface area (Å²) >= 11 is 6.39. The Hall–Kier alpha value is -3.34. The van der Waals surface area contributed by atoms with E-state index in [0.29, 0.717) is 18.1 Å². The van der Waals surface area contributed by atoms with E-state index in [2.05, 4.69) is 9.71 Å². The van der Waals surface area contributed by atoms with Crippen molar-refractivity contribution in [3.63, 3.8) is 0 Å². The van der Waals surface area contributed by atoms with E-state index in [0.717, 1.165) is 36.8 Å². The Morgan fingerprint density at radius 1 is 1.00 bits per heavy atom. The number of ether oxygens (including phenoxy) is 3. The standard InChI is InChI=1S/C28H32ClN3O6S/c1-36-22-11-7-19(8-12-22)26(20-9-13-23(37-2)14-10-20)32-39(34,35)24-15-25(29)28(31-16-24)38-17-18-3-5-21(6-4-18)27(30)33/h7-16,18,21,26,32H,3-6,17H2,1-2H3,(H2,30,33). The van der Waals surface area contributed by atoms with Gasteiger partial charge in [-0.25, -0.2) is 13.4 Å². The summed E-state index contributed by atoms with van der Waals surface area (Å²) in [7, 11) is -0.901. The van der Waals surface area contributed by atoms with Crippen LogP contribution in [0.4, 0.5) is 0 Å². The lowest BCUT2D eigenvalue weighted by Gasteiger charge is -2.26. The number of hydrogen-bond donors (Lipinski definition) is 2. The van der Waals surface area contributed by atoms with Crippen LogP contribution < -0.4 is 24.7 Å². The summed E-state index contributed by atoms with van der Waals surface area (Å²) in [5.74, 6) is 1.38. The average Bonchev–Trinajstić information content (AvgIpc) is 2.95. The Labute approximate surface area is 233 Å². The summed E-state index contributed by atoms with van der Waals surface area (Å²) in [6.07, 6.45) is 4.33. The summed E-state index contributed by atoms with van der Waals surface area (Å²) in [5.41, 5.74) is 6.84. The molecule has 0 atom stereocenters. The molecule has 9 nitrogen and oxygen atoms in total. The van der Waals surface area contributed by atoms with Crippen molar-refractivity contribution in [2.45, 2.75) is 36.6 Å². The first kappa shape index (κ1) is 28.7. The molecule has 3 aromatic rings. The number of carbonyl (C=O) groups is 1. The zero-order chi connectivity index (χ0) is 28.0. The summed E-state index contributed by atoms with van der Waals surface area (Å²) in [4.78, 5) is 15.5. The number of benzene rings is 2. The first-order valence-electron chi connectivity index (χ1n) is 12.6. The van der Waals surface area contributed by atoms with Crippen LogP contribution in [0.5, 0.6) is 17.4 Å². The number of primary amides is 1. The third-order valence-electron chi connectivity index (χ3n) is 6.97. The van der Waals surface area contributed by atoms with Crippen LogP contribution in [-0.2, 0) is 14.8 Å². The van der Waals surface area contributed by atoms with E-state index in [1.54, 1.807) is 62.8 Å². The highest BCUT2D eigenvalue weighted by atomic mass is 35.5. The average molecular weight is 574 g/mol. The predicted octanol–water partition coefficient (Wildman–Crippen LogP) is 4.49. The number of pyridine rings is 1. The van der Waals surface area contributed by atoms with Crippen molar-refractivity contribution < 1.29 is 27.4 Å². The smallest absolute Gasteiger partial charge is 0.243 e. The topological polar surface area (TPSA) is 130 Å². The molecule has 11 heteroatoms. The molecule has 0 bridgehead atoms. The molecule has 1 heterocycles. The number of rotatable bonds is 11. The van der Waals surface area contributed by atoms with Gasteiger partial charge in [-0.1, -0.05) is 35.9 Å². The molecule has 1 fully saturated rings. The van der Waals surface area contributed by atoms with Crippen LogP contribution in [0.15, 0.2) is 65.7 Å². The third-order valence-corrected chi connectivity index (χ3v) is 8.63. The molecule has 0 unspecified atom stereocenters. The van der Waals surface area contributed by atoms with Gasteiger partial charge >= 0.3 is 0 Å². The lowest BCUT2D eigenvalue weighted by Crippen LogP contribution is -2.30. The minimum Gasteiger partial charge on any atom is -0.497 e. The van der Waals surface area contributed by atoms with E-state index in [-0.39, 0.29) is 33.5 Å². The minimum atomic E-state index is -4.03. The molecule has 1 aliphatic carbocycles. The van der Waals surface area contributed by atoms with Crippen molar-refractivity contribution >= 4 is 27.5 Å². The number of hydrogen-bond acceptors (Lipinski definition) is 7. The van der Waals surface area contributed by atoms with Crippen molar-refractivity contribution in [1.82, 2.24) is 9.71 Å². The summed E-state index contributed by atoms with van der Waals surface area (Å²) in [6, 6.07) is 14.9. The molecule has 1 amide bonds. The maximum Gasteiger partial charge on any atom is 0.243 e. The van der Waals surface area contributed by atoms with Crippen molar-refractivity contribution in [3.05, 3.63) is 76.9 Å². The molecule has 208 valence electrons. The molecule has 1 aliphatic rings. The fourth-order valence-corrected chi connectivity index (χ4v) is 6.08.